The van der Waals surface area contributed by atoms with Crippen molar-refractivity contribution in [1.82, 2.24) is 0 Å². The molecule has 1 aromatic heterocycles. The van der Waals surface area contributed by atoms with Crippen molar-refractivity contribution in [2.45, 2.75) is 0 Å². The quantitative estimate of drug-likeness (QED) is 0.827. The van der Waals surface area contributed by atoms with Crippen LogP contribution in [0.25, 0.3) is 11.6 Å². The number of hydrogen-bond acceptors (Lipinski definition) is 3. The third-order valence-corrected chi connectivity index (χ3v) is 3.38. The molecule has 0 saturated carbocycles. The van der Waals surface area contributed by atoms with Crippen LogP contribution in [0.1, 0.15) is 21.9 Å². The molecule has 6 heteroatoms. The number of fused-ring (bicyclic) bond motifs is 1. The van der Waals surface area contributed by atoms with Gasteiger partial charge in [-0.25, -0.2) is 4.79 Å². The Morgan fingerprint density at radius 3 is 2.80 bits per heavy atom. The molecular weight excluding hydrogens is 326 g/mol. The fourth-order valence-corrected chi connectivity index (χ4v) is 2.35. The van der Waals surface area contributed by atoms with Crippen LogP contribution in [0, 0.1) is 0 Å². The monoisotopic (exact) mass is 333 g/mol. The van der Waals surface area contributed by atoms with Crippen molar-refractivity contribution in [3.63, 3.8) is 0 Å². The van der Waals surface area contributed by atoms with E-state index in [0.717, 1.165) is 15.7 Å². The number of benzene rings is 1. The second kappa shape index (κ2) is 4.64. The zero-order chi connectivity index (χ0) is 14.3. The predicted octanol–water partition coefficient (Wildman–Crippen LogP) is 3.23. The van der Waals surface area contributed by atoms with Gasteiger partial charge in [0.15, 0.2) is 0 Å². The minimum atomic E-state index is -1.14. The number of carboxylic acids is 1. The van der Waals surface area contributed by atoms with E-state index < -0.39 is 5.97 Å². The lowest BCUT2D eigenvalue weighted by Crippen LogP contribution is -2.03. The molecule has 100 valence electrons. The Bertz CT molecular complexity index is 760. The molecule has 20 heavy (non-hydrogen) atoms. The second-order valence-corrected chi connectivity index (χ2v) is 5.12. The van der Waals surface area contributed by atoms with Gasteiger partial charge >= 0.3 is 5.97 Å². The van der Waals surface area contributed by atoms with Gasteiger partial charge in [-0.1, -0.05) is 15.9 Å². The second-order valence-electron chi connectivity index (χ2n) is 4.21. The number of furan rings is 1. The molecule has 0 spiro atoms. The molecule has 1 aliphatic rings. The highest BCUT2D eigenvalue weighted by molar-refractivity contribution is 9.10. The molecule has 1 aliphatic heterocycles. The summed E-state index contributed by atoms with van der Waals surface area (Å²) in [6, 6.07) is 8.31. The van der Waals surface area contributed by atoms with Crippen LogP contribution in [-0.4, -0.2) is 17.0 Å². The minimum Gasteiger partial charge on any atom is -0.475 e. The van der Waals surface area contributed by atoms with Crippen LogP contribution in [0.5, 0.6) is 0 Å². The van der Waals surface area contributed by atoms with E-state index in [4.69, 9.17) is 9.52 Å². The first-order valence-corrected chi connectivity index (χ1v) is 6.50. The van der Waals surface area contributed by atoms with Gasteiger partial charge in [0.05, 0.1) is 5.57 Å². The van der Waals surface area contributed by atoms with Crippen LogP contribution in [0.15, 0.2) is 39.2 Å². The van der Waals surface area contributed by atoms with Crippen LogP contribution in [0.4, 0.5) is 5.69 Å². The number of amides is 1. The van der Waals surface area contributed by atoms with Gasteiger partial charge in [0.2, 0.25) is 5.76 Å². The van der Waals surface area contributed by atoms with Gasteiger partial charge in [0, 0.05) is 15.7 Å². The predicted molar refractivity (Wildman–Crippen MR) is 76.3 cm³/mol. The van der Waals surface area contributed by atoms with Crippen molar-refractivity contribution in [3.8, 4) is 0 Å². The van der Waals surface area contributed by atoms with E-state index in [9.17, 15) is 9.59 Å². The molecule has 0 atom stereocenters. The molecule has 0 aliphatic carbocycles. The van der Waals surface area contributed by atoms with Crippen molar-refractivity contribution in [2.75, 3.05) is 5.32 Å². The number of carbonyl (C=O) groups is 2. The molecule has 2 aromatic rings. The van der Waals surface area contributed by atoms with Gasteiger partial charge in [-0.2, -0.15) is 0 Å². The number of aromatic carboxylic acids is 1. The van der Waals surface area contributed by atoms with Crippen LogP contribution in [-0.2, 0) is 4.79 Å². The van der Waals surface area contributed by atoms with Crippen LogP contribution >= 0.6 is 15.9 Å². The topological polar surface area (TPSA) is 79.5 Å². The van der Waals surface area contributed by atoms with E-state index in [1.54, 1.807) is 6.07 Å². The molecule has 1 amide bonds. The smallest absolute Gasteiger partial charge is 0.371 e. The molecule has 3 rings (SSSR count). The Kier molecular flexibility index (Phi) is 2.94. The van der Waals surface area contributed by atoms with Crippen LogP contribution < -0.4 is 5.32 Å². The Morgan fingerprint density at radius 1 is 1.30 bits per heavy atom. The minimum absolute atomic E-state index is 0.162. The van der Waals surface area contributed by atoms with Gasteiger partial charge in [0.1, 0.15) is 5.76 Å². The third kappa shape index (κ3) is 2.14. The van der Waals surface area contributed by atoms with E-state index in [1.807, 2.05) is 12.1 Å². The van der Waals surface area contributed by atoms with Gasteiger partial charge in [-0.05, 0) is 36.4 Å². The lowest BCUT2D eigenvalue weighted by molar-refractivity contribution is -0.110. The first-order valence-electron chi connectivity index (χ1n) is 5.71. The van der Waals surface area contributed by atoms with Gasteiger partial charge in [-0.15, -0.1) is 0 Å². The summed E-state index contributed by atoms with van der Waals surface area (Å²) in [6.45, 7) is 0. The molecule has 2 N–H and O–H groups in total. The molecule has 0 radical (unpaired) electrons. The van der Waals surface area contributed by atoms with Crippen LogP contribution in [0.2, 0.25) is 0 Å². The maximum atomic E-state index is 11.9. The molecule has 0 saturated heterocycles. The van der Waals surface area contributed by atoms with E-state index >= 15 is 0 Å². The van der Waals surface area contributed by atoms with E-state index in [0.29, 0.717) is 11.3 Å². The van der Waals surface area contributed by atoms with Crippen molar-refractivity contribution < 1.29 is 19.1 Å². The summed E-state index contributed by atoms with van der Waals surface area (Å²) in [6.07, 6.45) is 1.53. The van der Waals surface area contributed by atoms with Gasteiger partial charge in [0.25, 0.3) is 5.91 Å². The molecule has 0 unspecified atom stereocenters. The SMILES string of the molecule is O=C1Nc2ccc(Br)cc2/C1=C/c1ccc(C(=O)O)o1. The molecule has 1 aromatic carbocycles. The average Bonchev–Trinajstić information content (AvgIpc) is 2.97. The van der Waals surface area contributed by atoms with E-state index in [-0.39, 0.29) is 11.7 Å². The molecular formula is C14H8BrNO4. The standard InChI is InChI=1S/C14H8BrNO4/c15-7-1-3-11-9(5-7)10(13(17)16-11)6-8-2-4-12(20-8)14(18)19/h1-6H,(H,16,17)(H,18,19)/b10-6-. The number of nitrogens with one attached hydrogen (secondary N) is 1. The number of hydrogen-bond donors (Lipinski definition) is 2. The maximum absolute atomic E-state index is 11.9. The number of anilines is 1. The average molecular weight is 334 g/mol. The van der Waals surface area contributed by atoms with E-state index in [1.165, 1.54) is 18.2 Å². The third-order valence-electron chi connectivity index (χ3n) is 2.89. The Hall–Kier alpha value is -2.34. The summed E-state index contributed by atoms with van der Waals surface area (Å²) < 4.78 is 5.98. The largest absolute Gasteiger partial charge is 0.475 e. The normalized spacial score (nSPS) is 15.2. The number of rotatable bonds is 2. The summed E-state index contributed by atoms with van der Waals surface area (Å²) >= 11 is 3.35. The fraction of sp³-hybridized carbons (Fsp3) is 0. The summed E-state index contributed by atoms with van der Waals surface area (Å²) in [7, 11) is 0. The number of halogens is 1. The number of carboxylic acid groups (broad SMARTS) is 1. The van der Waals surface area contributed by atoms with E-state index in [2.05, 4.69) is 21.2 Å². The highest BCUT2D eigenvalue weighted by Crippen LogP contribution is 2.35. The number of carbonyl (C=O) groups excluding carboxylic acids is 1. The fourth-order valence-electron chi connectivity index (χ4n) is 1.99. The van der Waals surface area contributed by atoms with Gasteiger partial charge in [-0.3, -0.25) is 4.79 Å². The summed E-state index contributed by atoms with van der Waals surface area (Å²) in [5.41, 5.74) is 1.90. The lowest BCUT2D eigenvalue weighted by atomic mass is 10.1. The molecule has 5 nitrogen and oxygen atoms in total. The van der Waals surface area contributed by atoms with Crippen molar-refractivity contribution >= 4 is 45.1 Å². The van der Waals surface area contributed by atoms with Crippen LogP contribution in [0.3, 0.4) is 0 Å². The molecule has 0 bridgehead atoms. The van der Waals surface area contributed by atoms with Gasteiger partial charge < -0.3 is 14.8 Å². The van der Waals surface area contributed by atoms with Crippen molar-refractivity contribution in [3.05, 3.63) is 51.9 Å². The lowest BCUT2D eigenvalue weighted by Gasteiger charge is -1.98. The zero-order valence-corrected chi connectivity index (χ0v) is 11.6. The first kappa shape index (κ1) is 12.7. The summed E-state index contributed by atoms with van der Waals surface area (Å²) in [5.74, 6) is -1.23. The Morgan fingerprint density at radius 2 is 2.10 bits per heavy atom. The zero-order valence-electron chi connectivity index (χ0n) is 10.0. The van der Waals surface area contributed by atoms with Crippen molar-refractivity contribution in [1.29, 1.82) is 0 Å². The highest BCUT2D eigenvalue weighted by Gasteiger charge is 2.24. The molecule has 0 fully saturated rings. The Labute approximate surface area is 122 Å². The highest BCUT2D eigenvalue weighted by atomic mass is 79.9. The first-order chi connectivity index (χ1) is 9.54. The van der Waals surface area contributed by atoms with Crippen molar-refractivity contribution in [2.24, 2.45) is 0 Å². The summed E-state index contributed by atoms with van der Waals surface area (Å²) in [4.78, 5) is 22.7. The summed E-state index contributed by atoms with van der Waals surface area (Å²) in [5, 5.41) is 11.5. The maximum Gasteiger partial charge on any atom is 0.371 e. The molecule has 2 heterocycles. The Balaban J connectivity index is 2.05.